The number of nitrogens with zero attached hydrogens (tertiary/aromatic N) is 3. The Labute approximate surface area is 228 Å². The second-order valence-electron chi connectivity index (χ2n) is 9.07. The molecule has 4 rings (SSSR count). The first-order valence-corrected chi connectivity index (χ1v) is 12.9. The molecule has 3 amide bonds. The fourth-order valence-electron chi connectivity index (χ4n) is 3.91. The molecule has 3 aromatic rings. The highest BCUT2D eigenvalue weighted by molar-refractivity contribution is 7.16. The van der Waals surface area contributed by atoms with Gasteiger partial charge in [0.15, 0.2) is 5.13 Å². The van der Waals surface area contributed by atoms with E-state index in [0.717, 1.165) is 19.2 Å². The Bertz CT molecular complexity index is 1390. The van der Waals surface area contributed by atoms with E-state index in [1.165, 1.54) is 30.4 Å². The Hall–Kier alpha value is -3.92. The van der Waals surface area contributed by atoms with E-state index in [0.29, 0.717) is 34.3 Å². The minimum atomic E-state index is -4.54. The van der Waals surface area contributed by atoms with Crippen molar-refractivity contribution in [1.82, 2.24) is 14.8 Å². The number of hydrogen-bond donors (Lipinski definition) is 3. The van der Waals surface area contributed by atoms with Gasteiger partial charge in [-0.25, -0.2) is 9.78 Å². The first-order valence-electron chi connectivity index (χ1n) is 12.1. The van der Waals surface area contributed by atoms with Crippen LogP contribution >= 0.6 is 11.3 Å². The maximum atomic E-state index is 13.8. The number of aromatic nitrogens is 1. The molecule has 1 aliphatic heterocycles. The monoisotopic (exact) mass is 556 g/mol. The molecular formula is C27H27F3N6O2S. The van der Waals surface area contributed by atoms with Crippen molar-refractivity contribution in [3.8, 4) is 11.8 Å². The standard InChI is InChI=1S/C27H27F3N6O2S/c1-18(37)32-26-31-16-23(39-26)10-5-19-3-7-21(8-4-19)33-25(38)34-22-9-6-20(24(15-22)27(28,29)30)17-36-13-11-35(2)12-14-36/h3-4,6-9,15-16H,11-14,17H2,1-2H3,(H,31,32,37)(H2,33,34,38). The van der Waals surface area contributed by atoms with E-state index >= 15 is 0 Å². The molecule has 1 fully saturated rings. The van der Waals surface area contributed by atoms with Gasteiger partial charge in [-0.1, -0.05) is 23.3 Å². The number of carbonyl (C=O) groups is 2. The number of halogens is 3. The molecule has 0 aliphatic carbocycles. The van der Waals surface area contributed by atoms with Crippen LogP contribution in [0.3, 0.4) is 0 Å². The fourth-order valence-corrected chi connectivity index (χ4v) is 4.62. The molecule has 12 heteroatoms. The number of thiazole rings is 1. The van der Waals surface area contributed by atoms with Crippen molar-refractivity contribution in [2.24, 2.45) is 0 Å². The summed E-state index contributed by atoms with van der Waals surface area (Å²) in [5, 5.41) is 8.15. The third-order valence-corrected chi connectivity index (χ3v) is 6.75. The molecular weight excluding hydrogens is 529 g/mol. The summed E-state index contributed by atoms with van der Waals surface area (Å²) in [6.07, 6.45) is -2.98. The molecule has 8 nitrogen and oxygen atoms in total. The average Bonchev–Trinajstić information content (AvgIpc) is 3.32. The number of amides is 3. The van der Waals surface area contributed by atoms with Crippen LogP contribution < -0.4 is 16.0 Å². The molecule has 1 aromatic heterocycles. The van der Waals surface area contributed by atoms with Gasteiger partial charge in [-0.15, -0.1) is 0 Å². The van der Waals surface area contributed by atoms with E-state index < -0.39 is 17.8 Å². The first kappa shape index (κ1) is 28.1. The molecule has 1 aliphatic rings. The smallest absolute Gasteiger partial charge is 0.308 e. The number of urea groups is 1. The van der Waals surface area contributed by atoms with E-state index in [9.17, 15) is 22.8 Å². The highest BCUT2D eigenvalue weighted by atomic mass is 32.1. The maximum absolute atomic E-state index is 13.8. The number of alkyl halides is 3. The molecule has 2 heterocycles. The Kier molecular flexibility index (Phi) is 8.86. The Morgan fingerprint density at radius 2 is 1.64 bits per heavy atom. The number of anilines is 3. The lowest BCUT2D eigenvalue weighted by Crippen LogP contribution is -2.44. The molecule has 0 saturated carbocycles. The second-order valence-corrected chi connectivity index (χ2v) is 10.1. The van der Waals surface area contributed by atoms with E-state index in [1.54, 1.807) is 30.5 Å². The van der Waals surface area contributed by atoms with Gasteiger partial charge in [0.2, 0.25) is 5.91 Å². The lowest BCUT2D eigenvalue weighted by atomic mass is 10.0. The predicted octanol–water partition coefficient (Wildman–Crippen LogP) is 4.91. The van der Waals surface area contributed by atoms with Crippen molar-refractivity contribution >= 4 is 39.8 Å². The number of rotatable bonds is 5. The van der Waals surface area contributed by atoms with Crippen LogP contribution in [0.2, 0.25) is 0 Å². The predicted molar refractivity (Wildman–Crippen MR) is 146 cm³/mol. The molecule has 2 aromatic carbocycles. The Balaban J connectivity index is 1.36. The maximum Gasteiger partial charge on any atom is 0.416 e. The zero-order chi connectivity index (χ0) is 28.0. The van der Waals surface area contributed by atoms with Crippen LogP contribution in [-0.2, 0) is 17.5 Å². The van der Waals surface area contributed by atoms with Crippen molar-refractivity contribution in [3.05, 3.63) is 70.2 Å². The minimum absolute atomic E-state index is 0.0487. The van der Waals surface area contributed by atoms with E-state index in [2.05, 4.69) is 37.7 Å². The largest absolute Gasteiger partial charge is 0.416 e. The van der Waals surface area contributed by atoms with Crippen molar-refractivity contribution in [2.45, 2.75) is 19.6 Å². The highest BCUT2D eigenvalue weighted by Gasteiger charge is 2.34. The second kappa shape index (κ2) is 12.3. The lowest BCUT2D eigenvalue weighted by molar-refractivity contribution is -0.138. The van der Waals surface area contributed by atoms with Crippen molar-refractivity contribution < 1.29 is 22.8 Å². The van der Waals surface area contributed by atoms with Crippen LogP contribution in [0.5, 0.6) is 0 Å². The summed E-state index contributed by atoms with van der Waals surface area (Å²) in [5.41, 5.74) is 0.604. The molecule has 39 heavy (non-hydrogen) atoms. The van der Waals surface area contributed by atoms with Gasteiger partial charge in [-0.05, 0) is 54.9 Å². The molecule has 3 N–H and O–H groups in total. The van der Waals surface area contributed by atoms with Gasteiger partial charge in [0.05, 0.1) is 16.6 Å². The van der Waals surface area contributed by atoms with E-state index in [1.807, 2.05) is 11.9 Å². The molecule has 1 saturated heterocycles. The van der Waals surface area contributed by atoms with Crippen molar-refractivity contribution in [1.29, 1.82) is 0 Å². The van der Waals surface area contributed by atoms with Gasteiger partial charge in [-0.2, -0.15) is 13.2 Å². The van der Waals surface area contributed by atoms with E-state index in [4.69, 9.17) is 0 Å². The topological polar surface area (TPSA) is 89.6 Å². The summed E-state index contributed by atoms with van der Waals surface area (Å²) in [7, 11) is 1.99. The van der Waals surface area contributed by atoms with Gasteiger partial charge in [0.1, 0.15) is 0 Å². The Morgan fingerprint density at radius 3 is 2.31 bits per heavy atom. The molecule has 0 radical (unpaired) electrons. The number of benzene rings is 2. The number of piperazine rings is 1. The normalized spacial score (nSPS) is 14.3. The zero-order valence-electron chi connectivity index (χ0n) is 21.4. The summed E-state index contributed by atoms with van der Waals surface area (Å²) in [4.78, 5) is 32.4. The van der Waals surface area contributed by atoms with Gasteiger partial charge in [0, 0.05) is 56.6 Å². The van der Waals surface area contributed by atoms with Crippen molar-refractivity contribution in [3.63, 3.8) is 0 Å². The van der Waals surface area contributed by atoms with Gasteiger partial charge in [-0.3, -0.25) is 9.69 Å². The zero-order valence-corrected chi connectivity index (χ0v) is 22.2. The molecule has 0 atom stereocenters. The van der Waals surface area contributed by atoms with Crippen LogP contribution in [0, 0.1) is 11.8 Å². The lowest BCUT2D eigenvalue weighted by Gasteiger charge is -2.33. The van der Waals surface area contributed by atoms with Crippen LogP contribution in [0.15, 0.2) is 48.7 Å². The van der Waals surface area contributed by atoms with Gasteiger partial charge in [0.25, 0.3) is 0 Å². The quantitative estimate of drug-likeness (QED) is 0.389. The number of nitrogens with one attached hydrogen (secondary N) is 3. The average molecular weight is 557 g/mol. The van der Waals surface area contributed by atoms with Gasteiger partial charge < -0.3 is 20.9 Å². The van der Waals surface area contributed by atoms with Crippen molar-refractivity contribution in [2.75, 3.05) is 49.2 Å². The number of carbonyl (C=O) groups excluding carboxylic acids is 2. The third kappa shape index (κ3) is 8.28. The molecule has 204 valence electrons. The highest BCUT2D eigenvalue weighted by Crippen LogP contribution is 2.34. The summed E-state index contributed by atoms with van der Waals surface area (Å²) >= 11 is 1.25. The summed E-state index contributed by atoms with van der Waals surface area (Å²) in [5.74, 6) is 5.71. The van der Waals surface area contributed by atoms with Crippen LogP contribution in [-0.4, -0.2) is 59.9 Å². The molecule has 0 bridgehead atoms. The third-order valence-electron chi connectivity index (χ3n) is 5.92. The summed E-state index contributed by atoms with van der Waals surface area (Å²) in [6, 6.07) is 9.89. The number of hydrogen-bond acceptors (Lipinski definition) is 6. The first-order chi connectivity index (χ1) is 18.5. The van der Waals surface area contributed by atoms with Crippen LogP contribution in [0.25, 0.3) is 0 Å². The number of likely N-dealkylation sites (N-methyl/N-ethyl adjacent to an activating group) is 1. The van der Waals surface area contributed by atoms with Gasteiger partial charge >= 0.3 is 12.2 Å². The fraction of sp³-hybridized carbons (Fsp3) is 0.296. The molecule has 0 unspecified atom stereocenters. The molecule has 0 spiro atoms. The summed E-state index contributed by atoms with van der Waals surface area (Å²) in [6.45, 7) is 4.61. The van der Waals surface area contributed by atoms with E-state index in [-0.39, 0.29) is 23.7 Å². The minimum Gasteiger partial charge on any atom is -0.308 e. The summed E-state index contributed by atoms with van der Waals surface area (Å²) < 4.78 is 41.4. The van der Waals surface area contributed by atoms with Crippen LogP contribution in [0.4, 0.5) is 34.5 Å². The Morgan fingerprint density at radius 1 is 0.974 bits per heavy atom. The SMILES string of the molecule is CC(=O)Nc1ncc(C#Cc2ccc(NC(=O)Nc3ccc(CN4CCN(C)CC4)c(C(F)(F)F)c3)cc2)s1. The van der Waals surface area contributed by atoms with Crippen LogP contribution in [0.1, 0.15) is 28.5 Å².